The van der Waals surface area contributed by atoms with Gasteiger partial charge in [0.2, 0.25) is 0 Å². The molecule has 18 heavy (non-hydrogen) atoms. The van der Waals surface area contributed by atoms with Gasteiger partial charge in [-0.05, 0) is 13.3 Å². The number of carbonyl (C=O) groups is 2. The zero-order valence-electron chi connectivity index (χ0n) is 10.6. The van der Waals surface area contributed by atoms with Gasteiger partial charge in [-0.3, -0.25) is 0 Å². The second kappa shape index (κ2) is 6.34. The lowest BCUT2D eigenvalue weighted by Crippen LogP contribution is -2.46. The first-order valence-corrected chi connectivity index (χ1v) is 6.47. The Morgan fingerprint density at radius 3 is 2.72 bits per heavy atom. The number of carboxylic acid groups (broad SMARTS) is 1. The number of nitrogens with one attached hydrogen (secondary N) is 1. The van der Waals surface area contributed by atoms with Crippen LogP contribution in [0.4, 0.5) is 4.79 Å². The van der Waals surface area contributed by atoms with Crippen molar-refractivity contribution in [2.75, 3.05) is 7.05 Å². The summed E-state index contributed by atoms with van der Waals surface area (Å²) >= 11 is 1.52. The van der Waals surface area contributed by atoms with Crippen LogP contribution in [0.3, 0.4) is 0 Å². The summed E-state index contributed by atoms with van der Waals surface area (Å²) in [5, 5.41) is 14.1. The van der Waals surface area contributed by atoms with E-state index in [0.29, 0.717) is 13.0 Å². The number of nitrogens with zero attached hydrogens (tertiary/aromatic N) is 2. The molecule has 2 amide bonds. The molecule has 1 aromatic rings. The van der Waals surface area contributed by atoms with Gasteiger partial charge >= 0.3 is 12.0 Å². The summed E-state index contributed by atoms with van der Waals surface area (Å²) in [5.41, 5.74) is 0.804. The molecule has 0 bridgehead atoms. The Bertz CT molecular complexity index is 433. The predicted octanol–water partition coefficient (Wildman–Crippen LogP) is 1.46. The normalized spacial score (nSPS) is 11.9. The zero-order chi connectivity index (χ0) is 13.7. The molecule has 1 atom stereocenters. The third-order valence-electron chi connectivity index (χ3n) is 2.42. The Hall–Kier alpha value is -1.63. The number of rotatable bonds is 5. The van der Waals surface area contributed by atoms with Crippen LogP contribution in [0.5, 0.6) is 0 Å². The van der Waals surface area contributed by atoms with E-state index in [1.165, 1.54) is 16.2 Å². The first kappa shape index (κ1) is 14.4. The van der Waals surface area contributed by atoms with Crippen molar-refractivity contribution >= 4 is 23.3 Å². The van der Waals surface area contributed by atoms with E-state index in [2.05, 4.69) is 10.3 Å². The molecule has 2 N–H and O–H groups in total. The van der Waals surface area contributed by atoms with E-state index in [9.17, 15) is 9.59 Å². The van der Waals surface area contributed by atoms with Crippen molar-refractivity contribution in [3.63, 3.8) is 0 Å². The van der Waals surface area contributed by atoms with E-state index in [1.54, 1.807) is 14.0 Å². The number of aryl methyl sites for hydroxylation is 1. The van der Waals surface area contributed by atoms with Crippen molar-refractivity contribution in [1.82, 2.24) is 15.2 Å². The van der Waals surface area contributed by atoms with Gasteiger partial charge < -0.3 is 15.3 Å². The second-order valence-corrected chi connectivity index (χ2v) is 5.02. The van der Waals surface area contributed by atoms with Gasteiger partial charge in [-0.1, -0.05) is 6.92 Å². The molecule has 0 saturated heterocycles. The Morgan fingerprint density at radius 1 is 1.61 bits per heavy atom. The highest BCUT2D eigenvalue weighted by molar-refractivity contribution is 7.09. The minimum Gasteiger partial charge on any atom is -0.480 e. The molecule has 100 valence electrons. The lowest BCUT2D eigenvalue weighted by Gasteiger charge is -2.19. The summed E-state index contributed by atoms with van der Waals surface area (Å²) in [5.74, 6) is -1.02. The first-order valence-electron chi connectivity index (χ1n) is 5.59. The molecule has 0 aliphatic heterocycles. The molecule has 1 rings (SSSR count). The molecule has 0 aliphatic rings. The summed E-state index contributed by atoms with van der Waals surface area (Å²) in [6.07, 6.45) is 0.352. The molecule has 0 saturated carbocycles. The standard InChI is InChI=1S/C11H17N3O3S/c1-4-9(10(15)16)13-11(17)14(3)5-8-6-18-7(2)12-8/h6,9H,4-5H2,1-3H3,(H,13,17)(H,15,16)/t9-/m1/s1. The number of hydrogen-bond donors (Lipinski definition) is 2. The number of carboxylic acids is 1. The van der Waals surface area contributed by atoms with E-state index in [4.69, 9.17) is 5.11 Å². The number of thiazole rings is 1. The molecule has 1 heterocycles. The van der Waals surface area contributed by atoms with Crippen LogP contribution in [0.2, 0.25) is 0 Å². The van der Waals surface area contributed by atoms with E-state index >= 15 is 0 Å². The van der Waals surface area contributed by atoms with Crippen LogP contribution in [-0.4, -0.2) is 40.1 Å². The molecular formula is C11H17N3O3S. The third kappa shape index (κ3) is 3.99. The lowest BCUT2D eigenvalue weighted by molar-refractivity contribution is -0.139. The van der Waals surface area contributed by atoms with E-state index in [1.807, 2.05) is 12.3 Å². The largest absolute Gasteiger partial charge is 0.480 e. The minimum atomic E-state index is -1.02. The summed E-state index contributed by atoms with van der Waals surface area (Å²) in [7, 11) is 1.61. The summed E-state index contributed by atoms with van der Waals surface area (Å²) in [4.78, 5) is 28.2. The van der Waals surface area contributed by atoms with Crippen molar-refractivity contribution < 1.29 is 14.7 Å². The van der Waals surface area contributed by atoms with E-state index < -0.39 is 18.0 Å². The fourth-order valence-electron chi connectivity index (χ4n) is 1.39. The van der Waals surface area contributed by atoms with Crippen LogP contribution >= 0.6 is 11.3 Å². The lowest BCUT2D eigenvalue weighted by atomic mass is 10.2. The van der Waals surface area contributed by atoms with Crippen molar-refractivity contribution in [3.05, 3.63) is 16.1 Å². The van der Waals surface area contributed by atoms with E-state index in [-0.39, 0.29) is 0 Å². The smallest absolute Gasteiger partial charge is 0.326 e. The molecule has 0 fully saturated rings. The molecule has 6 nitrogen and oxygen atoms in total. The van der Waals surface area contributed by atoms with Crippen LogP contribution in [0.15, 0.2) is 5.38 Å². The second-order valence-electron chi connectivity index (χ2n) is 3.96. The fourth-order valence-corrected chi connectivity index (χ4v) is 2.00. The maximum absolute atomic E-state index is 11.8. The van der Waals surface area contributed by atoms with Gasteiger partial charge in [0.25, 0.3) is 0 Å². The Morgan fingerprint density at radius 2 is 2.28 bits per heavy atom. The quantitative estimate of drug-likeness (QED) is 0.849. The molecule has 0 spiro atoms. The van der Waals surface area contributed by atoms with Gasteiger partial charge in [0.1, 0.15) is 6.04 Å². The number of urea groups is 1. The van der Waals surface area contributed by atoms with Crippen molar-refractivity contribution in [3.8, 4) is 0 Å². The number of amides is 2. The van der Waals surface area contributed by atoms with Gasteiger partial charge in [-0.2, -0.15) is 0 Å². The summed E-state index contributed by atoms with van der Waals surface area (Å²) in [6, 6.07) is -1.26. The number of carbonyl (C=O) groups excluding carboxylic acids is 1. The third-order valence-corrected chi connectivity index (χ3v) is 3.24. The predicted molar refractivity (Wildman–Crippen MR) is 68.6 cm³/mol. The van der Waals surface area contributed by atoms with Gasteiger partial charge in [-0.25, -0.2) is 14.6 Å². The first-order chi connectivity index (χ1) is 8.43. The van der Waals surface area contributed by atoms with Crippen molar-refractivity contribution in [1.29, 1.82) is 0 Å². The Balaban J connectivity index is 2.53. The minimum absolute atomic E-state index is 0.352. The summed E-state index contributed by atoms with van der Waals surface area (Å²) < 4.78 is 0. The highest BCUT2D eigenvalue weighted by Crippen LogP contribution is 2.09. The maximum Gasteiger partial charge on any atom is 0.326 e. The highest BCUT2D eigenvalue weighted by atomic mass is 32.1. The highest BCUT2D eigenvalue weighted by Gasteiger charge is 2.20. The number of aliphatic carboxylic acids is 1. The van der Waals surface area contributed by atoms with Crippen LogP contribution < -0.4 is 5.32 Å². The Labute approximate surface area is 110 Å². The van der Waals surface area contributed by atoms with Crippen LogP contribution in [0.25, 0.3) is 0 Å². The average Bonchev–Trinajstić information content (AvgIpc) is 2.70. The zero-order valence-corrected chi connectivity index (χ0v) is 11.5. The SMILES string of the molecule is CC[C@@H](NC(=O)N(C)Cc1csc(C)n1)C(=O)O. The Kier molecular flexibility index (Phi) is 5.08. The molecule has 1 aromatic heterocycles. The molecule has 0 aromatic carbocycles. The molecule has 0 radical (unpaired) electrons. The van der Waals surface area contributed by atoms with Crippen LogP contribution in [0.1, 0.15) is 24.0 Å². The van der Waals surface area contributed by atoms with Gasteiger partial charge in [0.15, 0.2) is 0 Å². The van der Waals surface area contributed by atoms with Crippen molar-refractivity contribution in [2.24, 2.45) is 0 Å². The van der Waals surface area contributed by atoms with Crippen LogP contribution in [0, 0.1) is 6.92 Å². The maximum atomic E-state index is 11.8. The number of hydrogen-bond acceptors (Lipinski definition) is 4. The fraction of sp³-hybridized carbons (Fsp3) is 0.545. The van der Waals surface area contributed by atoms with Crippen molar-refractivity contribution in [2.45, 2.75) is 32.9 Å². The summed E-state index contributed by atoms with van der Waals surface area (Å²) in [6.45, 7) is 3.97. The van der Waals surface area contributed by atoms with Gasteiger partial charge in [0.05, 0.1) is 17.2 Å². The topological polar surface area (TPSA) is 82.5 Å². The number of aromatic nitrogens is 1. The van der Waals surface area contributed by atoms with Gasteiger partial charge in [0, 0.05) is 12.4 Å². The van der Waals surface area contributed by atoms with Crippen LogP contribution in [-0.2, 0) is 11.3 Å². The molecular weight excluding hydrogens is 254 g/mol. The van der Waals surface area contributed by atoms with Gasteiger partial charge in [-0.15, -0.1) is 11.3 Å². The molecule has 0 aliphatic carbocycles. The molecule has 7 heteroatoms. The average molecular weight is 271 g/mol. The molecule has 0 unspecified atom stereocenters. The van der Waals surface area contributed by atoms with E-state index in [0.717, 1.165) is 10.7 Å². The monoisotopic (exact) mass is 271 g/mol.